The van der Waals surface area contributed by atoms with Crippen LogP contribution in [-0.2, 0) is 11.2 Å². The van der Waals surface area contributed by atoms with Crippen LogP contribution in [0.5, 0.6) is 5.75 Å². The molecule has 5 rings (SSSR count). The van der Waals surface area contributed by atoms with Crippen LogP contribution in [0.1, 0.15) is 16.2 Å². The lowest BCUT2D eigenvalue weighted by Crippen LogP contribution is -2.26. The van der Waals surface area contributed by atoms with E-state index in [4.69, 9.17) is 4.74 Å². The van der Waals surface area contributed by atoms with E-state index < -0.39 is 0 Å². The molecule has 0 spiro atoms. The predicted molar refractivity (Wildman–Crippen MR) is 139 cm³/mol. The molecule has 3 heterocycles. The van der Waals surface area contributed by atoms with Crippen molar-refractivity contribution >= 4 is 55.9 Å². The first-order valence-electron chi connectivity index (χ1n) is 11.0. The molecule has 0 bridgehead atoms. The van der Waals surface area contributed by atoms with Gasteiger partial charge in [0.1, 0.15) is 10.8 Å². The van der Waals surface area contributed by atoms with Gasteiger partial charge in [0.2, 0.25) is 5.91 Å². The second-order valence-corrected chi connectivity index (χ2v) is 9.64. The van der Waals surface area contributed by atoms with Gasteiger partial charge in [-0.2, -0.15) is 9.61 Å². The number of carbonyl (C=O) groups excluding carboxylic acids is 2. The molecule has 2 N–H and O–H groups in total. The quantitative estimate of drug-likeness (QED) is 0.284. The maximum absolute atomic E-state index is 12.4. The lowest BCUT2D eigenvalue weighted by molar-refractivity contribution is -0.113. The van der Waals surface area contributed by atoms with Crippen molar-refractivity contribution in [1.82, 2.24) is 30.1 Å². The number of thiazole rings is 1. The summed E-state index contributed by atoms with van der Waals surface area (Å²) in [5.41, 5.74) is 2.00. The van der Waals surface area contributed by atoms with Crippen LogP contribution < -0.4 is 15.4 Å². The van der Waals surface area contributed by atoms with E-state index in [0.717, 1.165) is 10.2 Å². The van der Waals surface area contributed by atoms with Gasteiger partial charge in [-0.1, -0.05) is 35.2 Å². The molecule has 0 aliphatic carbocycles. The lowest BCUT2D eigenvalue weighted by atomic mass is 10.2. The third kappa shape index (κ3) is 5.44. The van der Waals surface area contributed by atoms with Gasteiger partial charge in [-0.05, 0) is 48.5 Å². The Morgan fingerprint density at radius 2 is 1.89 bits per heavy atom. The van der Waals surface area contributed by atoms with Gasteiger partial charge in [0.25, 0.3) is 5.91 Å². The van der Waals surface area contributed by atoms with Gasteiger partial charge in [0, 0.05) is 18.5 Å². The number of para-hydroxylation sites is 1. The molecule has 2 aromatic carbocycles. The molecule has 0 unspecified atom stereocenters. The van der Waals surface area contributed by atoms with Gasteiger partial charge in [-0.25, -0.2) is 4.98 Å². The number of amides is 2. The van der Waals surface area contributed by atoms with Crippen molar-refractivity contribution in [2.24, 2.45) is 0 Å². The fourth-order valence-corrected chi connectivity index (χ4v) is 4.94. The zero-order chi connectivity index (χ0) is 24.9. The van der Waals surface area contributed by atoms with Crippen molar-refractivity contribution in [2.75, 3.05) is 24.7 Å². The first-order chi connectivity index (χ1) is 17.6. The minimum absolute atomic E-state index is 0.161. The van der Waals surface area contributed by atoms with E-state index in [2.05, 4.69) is 30.9 Å². The summed E-state index contributed by atoms with van der Waals surface area (Å²) in [7, 11) is 1.58. The zero-order valence-electron chi connectivity index (χ0n) is 19.2. The first kappa shape index (κ1) is 23.7. The van der Waals surface area contributed by atoms with Crippen LogP contribution in [0.3, 0.4) is 0 Å². The molecule has 0 saturated carbocycles. The zero-order valence-corrected chi connectivity index (χ0v) is 20.8. The van der Waals surface area contributed by atoms with E-state index in [-0.39, 0.29) is 17.6 Å². The fraction of sp³-hybridized carbons (Fsp3) is 0.167. The number of rotatable bonds is 9. The largest absolute Gasteiger partial charge is 0.497 e. The number of carbonyl (C=O) groups is 2. The van der Waals surface area contributed by atoms with Crippen molar-refractivity contribution in [3.05, 3.63) is 72.1 Å². The molecule has 3 aromatic heterocycles. The van der Waals surface area contributed by atoms with E-state index in [1.807, 2.05) is 24.3 Å². The molecule has 0 aliphatic heterocycles. The molecule has 5 aromatic rings. The van der Waals surface area contributed by atoms with Gasteiger partial charge in [0.05, 0.1) is 23.1 Å². The Hall–Kier alpha value is -4.03. The Kier molecular flexibility index (Phi) is 7.05. The van der Waals surface area contributed by atoms with E-state index in [9.17, 15) is 9.59 Å². The molecule has 10 nitrogen and oxygen atoms in total. The topological polar surface area (TPSA) is 123 Å². The molecule has 36 heavy (non-hydrogen) atoms. The highest BCUT2D eigenvalue weighted by atomic mass is 32.2. The van der Waals surface area contributed by atoms with Crippen LogP contribution in [0.25, 0.3) is 15.9 Å². The minimum atomic E-state index is -0.185. The minimum Gasteiger partial charge on any atom is -0.497 e. The van der Waals surface area contributed by atoms with Crippen molar-refractivity contribution in [1.29, 1.82) is 0 Å². The Balaban J connectivity index is 1.16. The summed E-state index contributed by atoms with van der Waals surface area (Å²) in [6.07, 6.45) is 0.447. The Bertz CT molecular complexity index is 1500. The third-order valence-corrected chi connectivity index (χ3v) is 7.05. The number of aromatic nitrogens is 5. The summed E-state index contributed by atoms with van der Waals surface area (Å²) in [6.45, 7) is 0.370. The molecular formula is C24H21N7O3S2. The molecule has 0 fully saturated rings. The SMILES string of the molecule is COc1ccc(C(=O)NCCc2nnc3ccc(SCC(=O)Nc4nc5ccccc5s4)nn23)cc1. The maximum atomic E-state index is 12.4. The smallest absolute Gasteiger partial charge is 0.251 e. The van der Waals surface area contributed by atoms with Crippen LogP contribution in [-0.4, -0.2) is 56.0 Å². The second kappa shape index (κ2) is 10.7. The lowest BCUT2D eigenvalue weighted by Gasteiger charge is -2.06. The van der Waals surface area contributed by atoms with Crippen LogP contribution in [0, 0.1) is 0 Å². The maximum Gasteiger partial charge on any atom is 0.251 e. The monoisotopic (exact) mass is 519 g/mol. The molecular weight excluding hydrogens is 498 g/mol. The summed E-state index contributed by atoms with van der Waals surface area (Å²) >= 11 is 2.75. The van der Waals surface area contributed by atoms with Crippen molar-refractivity contribution in [3.63, 3.8) is 0 Å². The van der Waals surface area contributed by atoms with Gasteiger partial charge in [0.15, 0.2) is 16.6 Å². The Labute approximate surface area is 214 Å². The number of benzene rings is 2. The molecule has 0 atom stereocenters. The highest BCUT2D eigenvalue weighted by Gasteiger charge is 2.12. The van der Waals surface area contributed by atoms with Crippen molar-refractivity contribution < 1.29 is 14.3 Å². The average Bonchev–Trinajstić information content (AvgIpc) is 3.50. The molecule has 182 valence electrons. The standard InChI is InChI=1S/C24H21N7O3S2/c1-34-16-8-6-15(7-9-16)23(33)25-13-12-20-29-28-19-10-11-22(30-31(19)20)35-14-21(32)27-24-26-17-4-2-3-5-18(17)36-24/h2-11H,12-14H2,1H3,(H,25,33)(H,26,27,32). The molecule has 12 heteroatoms. The molecule has 2 amide bonds. The number of anilines is 1. The van der Waals surface area contributed by atoms with Gasteiger partial charge < -0.3 is 15.4 Å². The number of ether oxygens (including phenoxy) is 1. The number of methoxy groups -OCH3 is 1. The summed E-state index contributed by atoms with van der Waals surface area (Å²) in [5, 5.41) is 19.8. The number of hydrogen-bond donors (Lipinski definition) is 2. The predicted octanol–water partition coefficient (Wildman–Crippen LogP) is 3.45. The normalized spacial score (nSPS) is 11.0. The molecule has 0 saturated heterocycles. The summed E-state index contributed by atoms with van der Waals surface area (Å²) < 4.78 is 7.77. The summed E-state index contributed by atoms with van der Waals surface area (Å²) in [6, 6.07) is 18.2. The average molecular weight is 520 g/mol. The first-order valence-corrected chi connectivity index (χ1v) is 12.8. The fourth-order valence-electron chi connectivity index (χ4n) is 3.40. The molecule has 0 radical (unpaired) electrons. The number of nitrogens with one attached hydrogen (secondary N) is 2. The van der Waals surface area contributed by atoms with Crippen molar-refractivity contribution in [2.45, 2.75) is 11.4 Å². The van der Waals surface area contributed by atoms with E-state index in [0.29, 0.717) is 45.9 Å². The number of thioether (sulfide) groups is 1. The van der Waals surface area contributed by atoms with Crippen LogP contribution >= 0.6 is 23.1 Å². The highest BCUT2D eigenvalue weighted by molar-refractivity contribution is 7.99. The van der Waals surface area contributed by atoms with Gasteiger partial charge >= 0.3 is 0 Å². The van der Waals surface area contributed by atoms with Gasteiger partial charge in [-0.3, -0.25) is 9.59 Å². The van der Waals surface area contributed by atoms with Crippen LogP contribution in [0.15, 0.2) is 65.7 Å². The van der Waals surface area contributed by atoms with Crippen LogP contribution in [0.2, 0.25) is 0 Å². The number of hydrogen-bond acceptors (Lipinski definition) is 9. The number of fused-ring (bicyclic) bond motifs is 2. The summed E-state index contributed by atoms with van der Waals surface area (Å²) in [4.78, 5) is 29.2. The Morgan fingerprint density at radius 3 is 2.69 bits per heavy atom. The third-order valence-electron chi connectivity index (χ3n) is 5.18. The summed E-state index contributed by atoms with van der Waals surface area (Å²) in [5.74, 6) is 1.14. The second-order valence-electron chi connectivity index (χ2n) is 7.62. The van der Waals surface area contributed by atoms with E-state index in [1.165, 1.54) is 23.1 Å². The highest BCUT2D eigenvalue weighted by Crippen LogP contribution is 2.26. The van der Waals surface area contributed by atoms with Crippen LogP contribution in [0.4, 0.5) is 5.13 Å². The van der Waals surface area contributed by atoms with E-state index >= 15 is 0 Å². The van der Waals surface area contributed by atoms with Crippen molar-refractivity contribution in [3.8, 4) is 5.75 Å². The Morgan fingerprint density at radius 1 is 1.06 bits per heavy atom. The molecule has 0 aliphatic rings. The van der Waals surface area contributed by atoms with E-state index in [1.54, 1.807) is 48.0 Å². The van der Waals surface area contributed by atoms with Gasteiger partial charge in [-0.15, -0.1) is 10.2 Å². The number of nitrogens with zero attached hydrogens (tertiary/aromatic N) is 5.